The van der Waals surface area contributed by atoms with E-state index < -0.39 is 35.8 Å². The summed E-state index contributed by atoms with van der Waals surface area (Å²) in [6.07, 6.45) is 1.51. The lowest BCUT2D eigenvalue weighted by molar-refractivity contribution is -0.134. The van der Waals surface area contributed by atoms with Gasteiger partial charge in [-0.1, -0.05) is 74.5 Å². The predicted octanol–water partition coefficient (Wildman–Crippen LogP) is 1.18. The molecule has 1 aliphatic heterocycles. The Morgan fingerprint density at radius 2 is 1.37 bits per heavy atom. The van der Waals surface area contributed by atoms with Crippen LogP contribution in [0.5, 0.6) is 0 Å². The van der Waals surface area contributed by atoms with E-state index in [4.69, 9.17) is 10.5 Å². The minimum Gasteiger partial charge on any atom is -0.379 e. The van der Waals surface area contributed by atoms with Crippen molar-refractivity contribution < 1.29 is 23.9 Å². The average molecular weight is 566 g/mol. The van der Waals surface area contributed by atoms with Gasteiger partial charge < -0.3 is 26.4 Å². The van der Waals surface area contributed by atoms with Crippen molar-refractivity contribution in [1.82, 2.24) is 20.9 Å². The highest BCUT2D eigenvalue weighted by Crippen LogP contribution is 2.10. The summed E-state index contributed by atoms with van der Waals surface area (Å²) in [5, 5.41) is 8.47. The van der Waals surface area contributed by atoms with Gasteiger partial charge in [0.1, 0.15) is 18.1 Å². The first-order chi connectivity index (χ1) is 19.7. The minimum atomic E-state index is -0.932. The van der Waals surface area contributed by atoms with Gasteiger partial charge in [0.15, 0.2) is 0 Å². The summed E-state index contributed by atoms with van der Waals surface area (Å²) in [7, 11) is 0. The number of hydrogen-bond acceptors (Lipinski definition) is 6. The van der Waals surface area contributed by atoms with Gasteiger partial charge in [-0.2, -0.15) is 0 Å². The molecule has 0 aliphatic carbocycles. The second-order valence-corrected chi connectivity index (χ2v) is 10.9. The molecule has 1 saturated heterocycles. The van der Waals surface area contributed by atoms with Crippen LogP contribution in [0.25, 0.3) is 0 Å². The molecule has 2 aromatic rings. The Bertz CT molecular complexity index is 1120. The van der Waals surface area contributed by atoms with Crippen LogP contribution in [-0.4, -0.2) is 79.5 Å². The SMILES string of the molecule is CC(C)C[C@H](NC(=O)[C@H](CCc1ccccc1)NC(=O)CN1CCOCC1)C(=O)N[C@@H](Cc1ccccc1)C(N)=O. The third-order valence-electron chi connectivity index (χ3n) is 6.97. The topological polar surface area (TPSA) is 143 Å². The van der Waals surface area contributed by atoms with Crippen molar-refractivity contribution in [3.05, 3.63) is 71.8 Å². The van der Waals surface area contributed by atoms with Crippen molar-refractivity contribution in [2.45, 2.75) is 57.7 Å². The molecule has 0 radical (unpaired) electrons. The number of nitrogens with one attached hydrogen (secondary N) is 3. The fourth-order valence-electron chi connectivity index (χ4n) is 4.75. The number of carbonyl (C=O) groups is 4. The number of nitrogens with zero attached hydrogens (tertiary/aromatic N) is 1. The first-order valence-electron chi connectivity index (χ1n) is 14.3. The summed E-state index contributed by atoms with van der Waals surface area (Å²) in [4.78, 5) is 54.0. The number of ether oxygens (including phenoxy) is 1. The van der Waals surface area contributed by atoms with Crippen molar-refractivity contribution in [3.63, 3.8) is 0 Å². The first kappa shape index (κ1) is 31.8. The van der Waals surface area contributed by atoms with Crippen LogP contribution >= 0.6 is 0 Å². The van der Waals surface area contributed by atoms with Gasteiger partial charge in [-0.3, -0.25) is 24.1 Å². The zero-order valence-electron chi connectivity index (χ0n) is 24.0. The first-order valence-corrected chi connectivity index (χ1v) is 14.3. The lowest BCUT2D eigenvalue weighted by Crippen LogP contribution is -2.57. The summed E-state index contributed by atoms with van der Waals surface area (Å²) in [5.41, 5.74) is 7.50. The molecular weight excluding hydrogens is 522 g/mol. The maximum atomic E-state index is 13.6. The van der Waals surface area contributed by atoms with Crippen LogP contribution < -0.4 is 21.7 Å². The van der Waals surface area contributed by atoms with Gasteiger partial charge in [0.05, 0.1) is 19.8 Å². The lowest BCUT2D eigenvalue weighted by atomic mass is 10.00. The van der Waals surface area contributed by atoms with E-state index in [1.54, 1.807) is 0 Å². The van der Waals surface area contributed by atoms with Crippen LogP contribution in [-0.2, 0) is 36.8 Å². The normalized spacial score (nSPS) is 15.9. The molecule has 1 fully saturated rings. The summed E-state index contributed by atoms with van der Waals surface area (Å²) in [6.45, 7) is 6.47. The van der Waals surface area contributed by atoms with Gasteiger partial charge in [-0.05, 0) is 36.3 Å². The predicted molar refractivity (Wildman–Crippen MR) is 157 cm³/mol. The van der Waals surface area contributed by atoms with Crippen molar-refractivity contribution >= 4 is 23.6 Å². The number of nitrogens with two attached hydrogens (primary N) is 1. The van der Waals surface area contributed by atoms with Crippen molar-refractivity contribution in [3.8, 4) is 0 Å². The molecule has 0 spiro atoms. The molecule has 4 amide bonds. The van der Waals surface area contributed by atoms with Gasteiger partial charge in [-0.25, -0.2) is 0 Å². The smallest absolute Gasteiger partial charge is 0.243 e. The van der Waals surface area contributed by atoms with Crippen molar-refractivity contribution in [2.24, 2.45) is 11.7 Å². The molecule has 0 aromatic heterocycles. The summed E-state index contributed by atoms with van der Waals surface area (Å²) >= 11 is 0. The van der Waals surface area contributed by atoms with E-state index in [0.717, 1.165) is 11.1 Å². The minimum absolute atomic E-state index is 0.0749. The van der Waals surface area contributed by atoms with E-state index >= 15 is 0 Å². The average Bonchev–Trinajstić information content (AvgIpc) is 2.95. The van der Waals surface area contributed by atoms with Gasteiger partial charge >= 0.3 is 0 Å². The van der Waals surface area contributed by atoms with Crippen LogP contribution in [0, 0.1) is 5.92 Å². The second-order valence-electron chi connectivity index (χ2n) is 10.9. The molecule has 1 aliphatic rings. The molecule has 0 bridgehead atoms. The third kappa shape index (κ3) is 11.3. The third-order valence-corrected chi connectivity index (χ3v) is 6.97. The number of rotatable bonds is 15. The van der Waals surface area contributed by atoms with Crippen LogP contribution in [0.1, 0.15) is 37.8 Å². The number of aryl methyl sites for hydroxylation is 1. The van der Waals surface area contributed by atoms with Crippen LogP contribution in [0.2, 0.25) is 0 Å². The maximum absolute atomic E-state index is 13.6. The van der Waals surface area contributed by atoms with Crippen LogP contribution in [0.4, 0.5) is 0 Å². The Kier molecular flexibility index (Phi) is 12.8. The van der Waals surface area contributed by atoms with Gasteiger partial charge in [0.2, 0.25) is 23.6 Å². The molecule has 2 aromatic carbocycles. The number of morpholine rings is 1. The number of primary amides is 1. The van der Waals surface area contributed by atoms with Crippen molar-refractivity contribution in [1.29, 1.82) is 0 Å². The van der Waals surface area contributed by atoms with E-state index in [0.29, 0.717) is 45.6 Å². The maximum Gasteiger partial charge on any atom is 0.243 e. The van der Waals surface area contributed by atoms with E-state index in [1.807, 2.05) is 79.4 Å². The monoisotopic (exact) mass is 565 g/mol. The molecule has 222 valence electrons. The Morgan fingerprint density at radius 3 is 1.95 bits per heavy atom. The molecule has 3 atom stereocenters. The molecule has 3 rings (SSSR count). The molecule has 0 unspecified atom stereocenters. The van der Waals surface area contributed by atoms with Crippen LogP contribution in [0.15, 0.2) is 60.7 Å². The number of hydrogen-bond donors (Lipinski definition) is 4. The van der Waals surface area contributed by atoms with E-state index in [1.165, 1.54) is 0 Å². The number of amides is 4. The van der Waals surface area contributed by atoms with Gasteiger partial charge in [0.25, 0.3) is 0 Å². The number of benzene rings is 2. The fourth-order valence-corrected chi connectivity index (χ4v) is 4.75. The van der Waals surface area contributed by atoms with Gasteiger partial charge in [0, 0.05) is 19.5 Å². The molecule has 41 heavy (non-hydrogen) atoms. The highest BCUT2D eigenvalue weighted by atomic mass is 16.5. The summed E-state index contributed by atoms with van der Waals surface area (Å²) < 4.78 is 5.36. The Morgan fingerprint density at radius 1 is 0.805 bits per heavy atom. The number of carbonyl (C=O) groups excluding carboxylic acids is 4. The van der Waals surface area contributed by atoms with Crippen LogP contribution in [0.3, 0.4) is 0 Å². The summed E-state index contributed by atoms with van der Waals surface area (Å²) in [5.74, 6) is -1.79. The Balaban J connectivity index is 1.70. The van der Waals surface area contributed by atoms with E-state index in [-0.39, 0.29) is 24.8 Å². The van der Waals surface area contributed by atoms with E-state index in [9.17, 15) is 19.2 Å². The lowest BCUT2D eigenvalue weighted by Gasteiger charge is -2.28. The Labute approximate surface area is 242 Å². The van der Waals surface area contributed by atoms with Crippen molar-refractivity contribution in [2.75, 3.05) is 32.8 Å². The highest BCUT2D eigenvalue weighted by molar-refractivity contribution is 5.94. The molecular formula is C31H43N5O5. The fraction of sp³-hybridized carbons (Fsp3) is 0.484. The summed E-state index contributed by atoms with van der Waals surface area (Å²) in [6, 6.07) is 16.3. The Hall–Kier alpha value is -3.76. The molecule has 1 heterocycles. The zero-order chi connectivity index (χ0) is 29.6. The molecule has 5 N–H and O–H groups in total. The largest absolute Gasteiger partial charge is 0.379 e. The highest BCUT2D eigenvalue weighted by Gasteiger charge is 2.30. The second kappa shape index (κ2) is 16.5. The molecule has 10 nitrogen and oxygen atoms in total. The molecule has 10 heteroatoms. The molecule has 0 saturated carbocycles. The van der Waals surface area contributed by atoms with Gasteiger partial charge in [-0.15, -0.1) is 0 Å². The quantitative estimate of drug-likeness (QED) is 0.255. The zero-order valence-corrected chi connectivity index (χ0v) is 24.0. The van der Waals surface area contributed by atoms with E-state index in [2.05, 4.69) is 16.0 Å². The standard InChI is InChI=1S/C31H43N5O5/c1-22(2)19-27(31(40)34-26(29(32)38)20-24-11-7-4-8-12-24)35-30(39)25(14-13-23-9-5-3-6-10-23)33-28(37)21-36-15-17-41-18-16-36/h3-12,22,25-27H,13-21H2,1-2H3,(H2,32,38)(H,33,37)(H,34,40)(H,35,39)/t25-,26-,27-/m0/s1.